The minimum absolute atomic E-state index is 0.741. The van der Waals surface area contributed by atoms with Gasteiger partial charge in [0.1, 0.15) is 6.20 Å². The molecule has 83 valence electrons. The first-order valence-corrected chi connectivity index (χ1v) is 6.24. The van der Waals surface area contributed by atoms with Gasteiger partial charge < -0.3 is 4.74 Å². The Morgan fingerprint density at radius 3 is 2.88 bits per heavy atom. The molecule has 1 heterocycles. The van der Waals surface area contributed by atoms with E-state index in [0.717, 1.165) is 35.6 Å². The molecule has 1 radical (unpaired) electrons. The molecular formula is C13H14NOS. The Labute approximate surface area is 100 Å². The van der Waals surface area contributed by atoms with Gasteiger partial charge in [0.25, 0.3) is 0 Å². The third kappa shape index (κ3) is 2.61. The maximum absolute atomic E-state index is 5.66. The molecule has 0 aliphatic carbocycles. The molecule has 3 heteroatoms. The lowest BCUT2D eigenvalue weighted by atomic mass is 10.2. The Balaban J connectivity index is 2.13. The Bertz CT molecular complexity index is 425. The van der Waals surface area contributed by atoms with Gasteiger partial charge in [0.2, 0.25) is 0 Å². The zero-order valence-corrected chi connectivity index (χ0v) is 10.1. The molecule has 1 aromatic heterocycles. The number of unbranched alkanes of at least 4 members (excludes halogenated alkanes) is 1. The zero-order valence-electron chi connectivity index (χ0n) is 9.27. The van der Waals surface area contributed by atoms with Gasteiger partial charge in [-0.1, -0.05) is 43.7 Å². The van der Waals surface area contributed by atoms with Crippen LogP contribution in [0.4, 0.5) is 0 Å². The van der Waals surface area contributed by atoms with Crippen LogP contribution in [0.3, 0.4) is 0 Å². The first kappa shape index (κ1) is 11.1. The molecule has 16 heavy (non-hydrogen) atoms. The SMILES string of the molecule is CCCCOc1[c]nsc1-c1ccccc1. The molecule has 2 rings (SSSR count). The van der Waals surface area contributed by atoms with Crippen molar-refractivity contribution >= 4 is 11.5 Å². The summed E-state index contributed by atoms with van der Waals surface area (Å²) in [6, 6.07) is 10.2. The molecular weight excluding hydrogens is 218 g/mol. The van der Waals surface area contributed by atoms with Gasteiger partial charge in [-0.15, -0.1) is 0 Å². The van der Waals surface area contributed by atoms with Crippen LogP contribution in [0.2, 0.25) is 0 Å². The summed E-state index contributed by atoms with van der Waals surface area (Å²) in [5.41, 5.74) is 1.15. The average Bonchev–Trinajstić information content (AvgIpc) is 2.79. The predicted octanol–water partition coefficient (Wildman–Crippen LogP) is 3.79. The van der Waals surface area contributed by atoms with Crippen molar-refractivity contribution in [3.8, 4) is 16.2 Å². The average molecular weight is 232 g/mol. The van der Waals surface area contributed by atoms with Crippen molar-refractivity contribution in [2.45, 2.75) is 19.8 Å². The van der Waals surface area contributed by atoms with E-state index in [2.05, 4.69) is 29.6 Å². The second kappa shape index (κ2) is 5.66. The summed E-state index contributed by atoms with van der Waals surface area (Å²) >= 11 is 1.43. The fraction of sp³-hybridized carbons (Fsp3) is 0.308. The summed E-state index contributed by atoms with van der Waals surface area (Å²) in [5.74, 6) is 0.782. The van der Waals surface area contributed by atoms with E-state index < -0.39 is 0 Å². The first-order valence-electron chi connectivity index (χ1n) is 5.47. The smallest absolute Gasteiger partial charge is 0.167 e. The summed E-state index contributed by atoms with van der Waals surface area (Å²) in [6.45, 7) is 2.89. The molecule has 2 nitrogen and oxygen atoms in total. The van der Waals surface area contributed by atoms with Crippen LogP contribution in [0.1, 0.15) is 19.8 Å². The maximum atomic E-state index is 5.66. The molecule has 1 aromatic carbocycles. The predicted molar refractivity (Wildman–Crippen MR) is 66.8 cm³/mol. The Kier molecular flexibility index (Phi) is 3.94. The van der Waals surface area contributed by atoms with Crippen molar-refractivity contribution in [2.75, 3.05) is 6.61 Å². The van der Waals surface area contributed by atoms with E-state index in [9.17, 15) is 0 Å². The number of nitrogens with zero attached hydrogens (tertiary/aromatic N) is 1. The molecule has 0 amide bonds. The summed E-state index contributed by atoms with van der Waals surface area (Å²) in [6.07, 6.45) is 5.11. The third-order valence-corrected chi connectivity index (χ3v) is 3.06. The van der Waals surface area contributed by atoms with Crippen molar-refractivity contribution in [2.24, 2.45) is 0 Å². The summed E-state index contributed by atoms with van der Waals surface area (Å²) in [4.78, 5) is 1.07. The molecule has 0 spiro atoms. The quantitative estimate of drug-likeness (QED) is 0.732. The normalized spacial score (nSPS) is 10.3. The second-order valence-corrected chi connectivity index (χ2v) is 4.29. The van der Waals surface area contributed by atoms with Crippen LogP contribution >= 0.6 is 11.5 Å². The van der Waals surface area contributed by atoms with E-state index in [0.29, 0.717) is 0 Å². The summed E-state index contributed by atoms with van der Waals surface area (Å²) in [5, 5.41) is 0. The van der Waals surface area contributed by atoms with Crippen LogP contribution in [0.5, 0.6) is 5.75 Å². The van der Waals surface area contributed by atoms with Crippen molar-refractivity contribution in [1.29, 1.82) is 0 Å². The molecule has 0 N–H and O–H groups in total. The van der Waals surface area contributed by atoms with Gasteiger partial charge >= 0.3 is 0 Å². The van der Waals surface area contributed by atoms with E-state index in [1.165, 1.54) is 11.5 Å². The summed E-state index contributed by atoms with van der Waals surface area (Å²) < 4.78 is 9.73. The summed E-state index contributed by atoms with van der Waals surface area (Å²) in [7, 11) is 0. The zero-order chi connectivity index (χ0) is 11.2. The largest absolute Gasteiger partial charge is 0.490 e. The Morgan fingerprint density at radius 1 is 1.31 bits per heavy atom. The minimum Gasteiger partial charge on any atom is -0.490 e. The minimum atomic E-state index is 0.741. The molecule has 0 unspecified atom stereocenters. The molecule has 0 bridgehead atoms. The van der Waals surface area contributed by atoms with Crippen LogP contribution in [-0.4, -0.2) is 11.0 Å². The van der Waals surface area contributed by atoms with Gasteiger partial charge in [-0.2, -0.15) is 4.37 Å². The lowest BCUT2D eigenvalue weighted by Crippen LogP contribution is -1.96. The molecule has 0 saturated carbocycles. The number of benzene rings is 1. The highest BCUT2D eigenvalue weighted by Gasteiger charge is 2.09. The highest BCUT2D eigenvalue weighted by Crippen LogP contribution is 2.32. The van der Waals surface area contributed by atoms with Crippen LogP contribution < -0.4 is 4.74 Å². The number of ether oxygens (including phenoxy) is 1. The third-order valence-electron chi connectivity index (χ3n) is 2.27. The Hall–Kier alpha value is -1.35. The molecule has 0 saturated heterocycles. The van der Waals surface area contributed by atoms with Crippen LogP contribution in [-0.2, 0) is 0 Å². The van der Waals surface area contributed by atoms with E-state index in [1.807, 2.05) is 18.2 Å². The maximum Gasteiger partial charge on any atom is 0.167 e. The monoisotopic (exact) mass is 232 g/mol. The molecule has 0 atom stereocenters. The second-order valence-electron chi connectivity index (χ2n) is 3.52. The molecule has 0 aliphatic rings. The van der Waals surface area contributed by atoms with E-state index in [1.54, 1.807) is 0 Å². The number of aromatic nitrogens is 1. The van der Waals surface area contributed by atoms with Crippen molar-refractivity contribution in [1.82, 2.24) is 4.37 Å². The molecule has 2 aromatic rings. The molecule has 0 fully saturated rings. The topological polar surface area (TPSA) is 22.1 Å². The van der Waals surface area contributed by atoms with Gasteiger partial charge in [0.15, 0.2) is 5.75 Å². The number of hydrogen-bond donors (Lipinski definition) is 0. The number of hydrogen-bond acceptors (Lipinski definition) is 3. The van der Waals surface area contributed by atoms with Gasteiger partial charge in [-0.25, -0.2) is 0 Å². The van der Waals surface area contributed by atoms with E-state index in [4.69, 9.17) is 4.74 Å². The van der Waals surface area contributed by atoms with Gasteiger partial charge in [0.05, 0.1) is 11.5 Å². The van der Waals surface area contributed by atoms with Crippen LogP contribution in [0.15, 0.2) is 30.3 Å². The van der Waals surface area contributed by atoms with Crippen LogP contribution in [0.25, 0.3) is 10.4 Å². The highest BCUT2D eigenvalue weighted by atomic mass is 32.1. The lowest BCUT2D eigenvalue weighted by Gasteiger charge is -2.04. The van der Waals surface area contributed by atoms with Crippen LogP contribution in [0, 0.1) is 6.20 Å². The fourth-order valence-electron chi connectivity index (χ4n) is 1.39. The number of rotatable bonds is 5. The first-order chi connectivity index (χ1) is 7.92. The lowest BCUT2D eigenvalue weighted by molar-refractivity contribution is 0.310. The van der Waals surface area contributed by atoms with Crippen molar-refractivity contribution in [3.05, 3.63) is 36.5 Å². The standard InChI is InChI=1S/C13H14NOS/c1-2-3-9-15-12-10-14-16-13(12)11-7-5-4-6-8-11/h4-8H,2-3,9H2,1H3. The van der Waals surface area contributed by atoms with E-state index >= 15 is 0 Å². The van der Waals surface area contributed by atoms with Crippen molar-refractivity contribution in [3.63, 3.8) is 0 Å². The fourth-order valence-corrected chi connectivity index (χ4v) is 2.04. The van der Waals surface area contributed by atoms with Gasteiger partial charge in [-0.3, -0.25) is 0 Å². The van der Waals surface area contributed by atoms with E-state index in [-0.39, 0.29) is 0 Å². The van der Waals surface area contributed by atoms with Crippen molar-refractivity contribution < 1.29 is 4.74 Å². The highest BCUT2D eigenvalue weighted by molar-refractivity contribution is 7.09. The Morgan fingerprint density at radius 2 is 2.12 bits per heavy atom. The van der Waals surface area contributed by atoms with Gasteiger partial charge in [-0.05, 0) is 23.5 Å². The molecule has 0 aliphatic heterocycles. The van der Waals surface area contributed by atoms with Gasteiger partial charge in [0, 0.05) is 0 Å².